The Balaban J connectivity index is 2.06. The SMILES string of the molecule is CC1CC(OCc2ccc(N)cc2C(F)(F)F)CC(C)O1. The molecule has 0 spiro atoms. The minimum Gasteiger partial charge on any atom is -0.399 e. The zero-order valence-electron chi connectivity index (χ0n) is 12.1. The molecule has 0 saturated carbocycles. The smallest absolute Gasteiger partial charge is 0.399 e. The molecular formula is C15H20F3NO2. The lowest BCUT2D eigenvalue weighted by atomic mass is 10.0. The molecule has 1 saturated heterocycles. The van der Waals surface area contributed by atoms with Crippen LogP contribution in [0.5, 0.6) is 0 Å². The molecule has 1 fully saturated rings. The van der Waals surface area contributed by atoms with Crippen LogP contribution in [0.15, 0.2) is 18.2 Å². The topological polar surface area (TPSA) is 44.5 Å². The first-order valence-corrected chi connectivity index (χ1v) is 6.98. The van der Waals surface area contributed by atoms with E-state index in [1.165, 1.54) is 12.1 Å². The number of benzene rings is 1. The first-order chi connectivity index (χ1) is 9.75. The van der Waals surface area contributed by atoms with Crippen molar-refractivity contribution in [2.75, 3.05) is 5.73 Å². The Kier molecular flexibility index (Phi) is 4.78. The number of alkyl halides is 3. The van der Waals surface area contributed by atoms with Gasteiger partial charge >= 0.3 is 6.18 Å². The van der Waals surface area contributed by atoms with Crippen molar-refractivity contribution in [2.24, 2.45) is 0 Å². The summed E-state index contributed by atoms with van der Waals surface area (Å²) < 4.78 is 50.2. The molecule has 21 heavy (non-hydrogen) atoms. The molecule has 3 nitrogen and oxygen atoms in total. The van der Waals surface area contributed by atoms with Crippen LogP contribution in [0.25, 0.3) is 0 Å². The van der Waals surface area contributed by atoms with Gasteiger partial charge in [-0.15, -0.1) is 0 Å². The lowest BCUT2D eigenvalue weighted by Crippen LogP contribution is -2.34. The second kappa shape index (κ2) is 6.23. The maximum atomic E-state index is 13.0. The average molecular weight is 303 g/mol. The van der Waals surface area contributed by atoms with E-state index in [1.807, 2.05) is 13.8 Å². The highest BCUT2D eigenvalue weighted by Gasteiger charge is 2.34. The molecule has 0 bridgehead atoms. The van der Waals surface area contributed by atoms with Gasteiger partial charge in [0.2, 0.25) is 0 Å². The van der Waals surface area contributed by atoms with Gasteiger partial charge in [-0.05, 0) is 44.4 Å². The summed E-state index contributed by atoms with van der Waals surface area (Å²) in [6, 6.07) is 3.79. The number of hydrogen-bond donors (Lipinski definition) is 1. The largest absolute Gasteiger partial charge is 0.416 e. The Labute approximate surface area is 122 Å². The maximum Gasteiger partial charge on any atom is 0.416 e. The molecule has 0 radical (unpaired) electrons. The molecular weight excluding hydrogens is 283 g/mol. The zero-order valence-corrected chi connectivity index (χ0v) is 12.1. The first-order valence-electron chi connectivity index (χ1n) is 6.98. The summed E-state index contributed by atoms with van der Waals surface area (Å²) in [5.74, 6) is 0. The molecule has 2 unspecified atom stereocenters. The predicted octanol–water partition coefficient (Wildman–Crippen LogP) is 3.76. The third kappa shape index (κ3) is 4.35. The van der Waals surface area contributed by atoms with E-state index in [2.05, 4.69) is 0 Å². The Morgan fingerprint density at radius 3 is 2.43 bits per heavy atom. The second-order valence-electron chi connectivity index (χ2n) is 5.58. The Hall–Kier alpha value is -1.27. The van der Waals surface area contributed by atoms with Crippen molar-refractivity contribution in [1.29, 1.82) is 0 Å². The van der Waals surface area contributed by atoms with Crippen molar-refractivity contribution in [1.82, 2.24) is 0 Å². The summed E-state index contributed by atoms with van der Waals surface area (Å²) in [5.41, 5.74) is 4.93. The first kappa shape index (κ1) is 16.1. The van der Waals surface area contributed by atoms with Gasteiger partial charge in [0.05, 0.1) is 30.5 Å². The lowest BCUT2D eigenvalue weighted by Gasteiger charge is -2.32. The van der Waals surface area contributed by atoms with Crippen LogP contribution in [0.1, 0.15) is 37.8 Å². The summed E-state index contributed by atoms with van der Waals surface area (Å²) >= 11 is 0. The number of rotatable bonds is 3. The van der Waals surface area contributed by atoms with Crippen molar-refractivity contribution in [3.8, 4) is 0 Å². The normalized spacial score (nSPS) is 26.8. The molecule has 0 aliphatic carbocycles. The third-order valence-corrected chi connectivity index (χ3v) is 3.57. The molecule has 1 aliphatic rings. The number of hydrogen-bond acceptors (Lipinski definition) is 3. The molecule has 1 aromatic rings. The second-order valence-corrected chi connectivity index (χ2v) is 5.58. The van der Waals surface area contributed by atoms with Crippen LogP contribution in [-0.2, 0) is 22.3 Å². The molecule has 6 heteroatoms. The van der Waals surface area contributed by atoms with Crippen LogP contribution in [-0.4, -0.2) is 18.3 Å². The van der Waals surface area contributed by atoms with Gasteiger partial charge in [-0.1, -0.05) is 6.07 Å². The van der Waals surface area contributed by atoms with Crippen LogP contribution in [0.3, 0.4) is 0 Å². The van der Waals surface area contributed by atoms with Gasteiger partial charge in [0.25, 0.3) is 0 Å². The minimum atomic E-state index is -4.43. The van der Waals surface area contributed by atoms with Gasteiger partial charge in [-0.2, -0.15) is 13.2 Å². The van der Waals surface area contributed by atoms with Crippen molar-refractivity contribution in [3.63, 3.8) is 0 Å². The van der Waals surface area contributed by atoms with Crippen LogP contribution in [0, 0.1) is 0 Å². The quantitative estimate of drug-likeness (QED) is 0.865. The van der Waals surface area contributed by atoms with E-state index in [9.17, 15) is 13.2 Å². The third-order valence-electron chi connectivity index (χ3n) is 3.57. The van der Waals surface area contributed by atoms with Crippen molar-refractivity contribution in [2.45, 2.75) is 57.8 Å². The summed E-state index contributed by atoms with van der Waals surface area (Å²) in [6.45, 7) is 3.81. The fourth-order valence-electron chi connectivity index (χ4n) is 2.67. The number of nitrogens with two attached hydrogens (primary N) is 1. The average Bonchev–Trinajstić information content (AvgIpc) is 2.35. The van der Waals surface area contributed by atoms with E-state index >= 15 is 0 Å². The van der Waals surface area contributed by atoms with E-state index in [0.29, 0.717) is 12.8 Å². The molecule has 0 aromatic heterocycles. The van der Waals surface area contributed by atoms with Crippen molar-refractivity contribution < 1.29 is 22.6 Å². The lowest BCUT2D eigenvalue weighted by molar-refractivity contribution is -0.140. The standard InChI is InChI=1S/C15H20F3NO2/c1-9-5-13(6-10(2)21-9)20-8-11-3-4-12(19)7-14(11)15(16,17)18/h3-4,7,9-10,13H,5-6,8,19H2,1-2H3. The van der Waals surface area contributed by atoms with Gasteiger partial charge in [0, 0.05) is 5.69 Å². The highest BCUT2D eigenvalue weighted by atomic mass is 19.4. The molecule has 1 aliphatic heterocycles. The molecule has 0 amide bonds. The molecule has 2 N–H and O–H groups in total. The Morgan fingerprint density at radius 1 is 1.24 bits per heavy atom. The summed E-state index contributed by atoms with van der Waals surface area (Å²) in [4.78, 5) is 0. The Bertz CT molecular complexity index is 480. The highest BCUT2D eigenvalue weighted by molar-refractivity contribution is 5.45. The minimum absolute atomic E-state index is 0.0623. The van der Waals surface area contributed by atoms with E-state index in [4.69, 9.17) is 15.2 Å². The summed E-state index contributed by atoms with van der Waals surface area (Å²) in [5, 5.41) is 0. The fourth-order valence-corrected chi connectivity index (χ4v) is 2.67. The monoisotopic (exact) mass is 303 g/mol. The predicted molar refractivity (Wildman–Crippen MR) is 73.7 cm³/mol. The molecule has 1 heterocycles. The van der Waals surface area contributed by atoms with Gasteiger partial charge in [0.1, 0.15) is 0 Å². The number of anilines is 1. The van der Waals surface area contributed by atoms with E-state index in [1.54, 1.807) is 0 Å². The maximum absolute atomic E-state index is 13.0. The van der Waals surface area contributed by atoms with Crippen LogP contribution < -0.4 is 5.73 Å². The number of nitrogen functional groups attached to an aromatic ring is 1. The van der Waals surface area contributed by atoms with E-state index in [-0.39, 0.29) is 36.2 Å². The van der Waals surface area contributed by atoms with Gasteiger partial charge < -0.3 is 15.2 Å². The van der Waals surface area contributed by atoms with Crippen molar-refractivity contribution >= 4 is 5.69 Å². The highest BCUT2D eigenvalue weighted by Crippen LogP contribution is 2.34. The van der Waals surface area contributed by atoms with E-state index in [0.717, 1.165) is 6.07 Å². The zero-order chi connectivity index (χ0) is 15.6. The molecule has 1 aromatic carbocycles. The summed E-state index contributed by atoms with van der Waals surface area (Å²) in [6.07, 6.45) is -2.99. The van der Waals surface area contributed by atoms with Gasteiger partial charge in [-0.25, -0.2) is 0 Å². The molecule has 2 rings (SSSR count). The summed E-state index contributed by atoms with van der Waals surface area (Å²) in [7, 11) is 0. The van der Waals surface area contributed by atoms with E-state index < -0.39 is 11.7 Å². The fraction of sp³-hybridized carbons (Fsp3) is 0.600. The Morgan fingerprint density at radius 2 is 1.86 bits per heavy atom. The van der Waals surface area contributed by atoms with Gasteiger partial charge in [-0.3, -0.25) is 0 Å². The van der Waals surface area contributed by atoms with Crippen LogP contribution >= 0.6 is 0 Å². The molecule has 118 valence electrons. The van der Waals surface area contributed by atoms with Crippen molar-refractivity contribution in [3.05, 3.63) is 29.3 Å². The number of halogens is 3. The molecule has 2 atom stereocenters. The van der Waals surface area contributed by atoms with Gasteiger partial charge in [0.15, 0.2) is 0 Å². The van der Waals surface area contributed by atoms with Crippen LogP contribution in [0.2, 0.25) is 0 Å². The van der Waals surface area contributed by atoms with Crippen LogP contribution in [0.4, 0.5) is 18.9 Å². The number of ether oxygens (including phenoxy) is 2.